The van der Waals surface area contributed by atoms with Crippen molar-refractivity contribution in [2.45, 2.75) is 51.3 Å². The van der Waals surface area contributed by atoms with Crippen LogP contribution in [0.15, 0.2) is 36.7 Å². The van der Waals surface area contributed by atoms with Crippen LogP contribution < -0.4 is 20.3 Å². The summed E-state index contributed by atoms with van der Waals surface area (Å²) in [5.41, 5.74) is 2.09. The van der Waals surface area contributed by atoms with Gasteiger partial charge in [-0.15, -0.1) is 0 Å². The molecule has 28 heavy (non-hydrogen) atoms. The Morgan fingerprint density at radius 1 is 1.18 bits per heavy atom. The number of ether oxygens (including phenoxy) is 1. The fourth-order valence-corrected chi connectivity index (χ4v) is 3.43. The number of aromatic nitrogens is 2. The molecule has 4 rings (SSSR count). The molecule has 1 aromatic heterocycles. The van der Waals surface area contributed by atoms with Gasteiger partial charge in [-0.05, 0) is 43.9 Å². The quantitative estimate of drug-likeness (QED) is 0.768. The largest absolute Gasteiger partial charge is 0.487 e. The van der Waals surface area contributed by atoms with E-state index in [1.54, 1.807) is 0 Å². The number of amides is 1. The Morgan fingerprint density at radius 3 is 2.43 bits per heavy atom. The first-order chi connectivity index (χ1) is 13.6. The van der Waals surface area contributed by atoms with Gasteiger partial charge in [0.05, 0.1) is 37.2 Å². The molecule has 1 aromatic carbocycles. The van der Waals surface area contributed by atoms with Crippen molar-refractivity contribution >= 4 is 17.5 Å². The Bertz CT molecular complexity index is 799. The van der Waals surface area contributed by atoms with Crippen molar-refractivity contribution in [3.63, 3.8) is 0 Å². The highest BCUT2D eigenvalue weighted by Gasteiger charge is 2.29. The van der Waals surface area contributed by atoms with E-state index in [4.69, 9.17) is 4.74 Å². The first-order valence-corrected chi connectivity index (χ1v) is 9.94. The lowest BCUT2D eigenvalue weighted by atomic mass is 9.93. The predicted octanol–water partition coefficient (Wildman–Crippen LogP) is 2.91. The van der Waals surface area contributed by atoms with Crippen LogP contribution in [0.4, 0.5) is 11.6 Å². The van der Waals surface area contributed by atoms with Crippen molar-refractivity contribution in [3.8, 4) is 5.75 Å². The number of carbonyl (C=O) groups excluding carboxylic acids is 1. The zero-order valence-corrected chi connectivity index (χ0v) is 16.4. The molecule has 0 bridgehead atoms. The second kappa shape index (κ2) is 8.04. The van der Waals surface area contributed by atoms with E-state index in [1.807, 2.05) is 43.6 Å². The molecule has 1 aliphatic heterocycles. The molecule has 0 spiro atoms. The minimum Gasteiger partial charge on any atom is -0.487 e. The normalized spacial score (nSPS) is 18.0. The average Bonchev–Trinajstić information content (AvgIpc) is 2.61. The molecule has 2 heterocycles. The Hall–Kier alpha value is -2.83. The molecule has 2 aliphatic rings. The van der Waals surface area contributed by atoms with Gasteiger partial charge in [0.25, 0.3) is 0 Å². The second-order valence-corrected chi connectivity index (χ2v) is 7.67. The monoisotopic (exact) mass is 381 g/mol. The molecule has 1 amide bonds. The maximum Gasteiger partial charge on any atom is 0.222 e. The van der Waals surface area contributed by atoms with Crippen LogP contribution in [0, 0.1) is 0 Å². The number of carbonyl (C=O) groups is 1. The molecule has 1 saturated heterocycles. The summed E-state index contributed by atoms with van der Waals surface area (Å²) in [5, 5.41) is 6.24. The molecular weight excluding hydrogens is 354 g/mol. The minimum absolute atomic E-state index is 0.00695. The van der Waals surface area contributed by atoms with Gasteiger partial charge in [0.1, 0.15) is 11.9 Å². The third-order valence-corrected chi connectivity index (χ3v) is 5.39. The van der Waals surface area contributed by atoms with Crippen LogP contribution in [0.3, 0.4) is 0 Å². The van der Waals surface area contributed by atoms with E-state index in [-0.39, 0.29) is 18.1 Å². The summed E-state index contributed by atoms with van der Waals surface area (Å²) in [5.74, 6) is 1.54. The number of rotatable bonds is 7. The smallest absolute Gasteiger partial charge is 0.222 e. The van der Waals surface area contributed by atoms with Crippen LogP contribution in [0.25, 0.3) is 0 Å². The zero-order chi connectivity index (χ0) is 19.5. The summed E-state index contributed by atoms with van der Waals surface area (Å²) < 4.78 is 6.03. The van der Waals surface area contributed by atoms with Crippen LogP contribution in [-0.2, 0) is 4.79 Å². The zero-order valence-electron chi connectivity index (χ0n) is 16.4. The molecule has 2 aromatic rings. The molecule has 2 fully saturated rings. The molecule has 1 aliphatic carbocycles. The Balaban J connectivity index is 1.24. The highest BCUT2D eigenvalue weighted by molar-refractivity contribution is 5.73. The van der Waals surface area contributed by atoms with Crippen molar-refractivity contribution < 1.29 is 9.53 Å². The summed E-state index contributed by atoms with van der Waals surface area (Å²) in [6.45, 7) is 5.14. The summed E-state index contributed by atoms with van der Waals surface area (Å²) in [6, 6.07) is 8.44. The van der Waals surface area contributed by atoms with E-state index in [0.29, 0.717) is 6.04 Å². The molecular formula is C21H27N5O2. The number of hydrogen-bond donors (Lipinski definition) is 2. The molecule has 1 atom stereocenters. The molecule has 0 radical (unpaired) electrons. The first kappa shape index (κ1) is 18.5. The van der Waals surface area contributed by atoms with Crippen molar-refractivity contribution in [3.05, 3.63) is 42.2 Å². The van der Waals surface area contributed by atoms with Gasteiger partial charge >= 0.3 is 0 Å². The van der Waals surface area contributed by atoms with Gasteiger partial charge < -0.3 is 20.3 Å². The molecule has 1 unspecified atom stereocenters. The number of nitrogens with one attached hydrogen (secondary N) is 2. The molecule has 7 heteroatoms. The van der Waals surface area contributed by atoms with Gasteiger partial charge in [0.15, 0.2) is 0 Å². The Labute approximate surface area is 165 Å². The fraction of sp³-hybridized carbons (Fsp3) is 0.476. The van der Waals surface area contributed by atoms with Crippen molar-refractivity contribution in [2.75, 3.05) is 23.3 Å². The third-order valence-electron chi connectivity index (χ3n) is 5.39. The number of hydrogen-bond acceptors (Lipinski definition) is 6. The SMILES string of the molecule is CC(=O)NC(C)c1ccc(OC2CN(c3cnc(NC4CCC4)nc3)C2)cc1. The Kier molecular flexibility index (Phi) is 5.32. The predicted molar refractivity (Wildman–Crippen MR) is 109 cm³/mol. The number of nitrogens with zero attached hydrogens (tertiary/aromatic N) is 3. The maximum atomic E-state index is 11.2. The van der Waals surface area contributed by atoms with Gasteiger partial charge in [-0.2, -0.15) is 0 Å². The molecule has 1 saturated carbocycles. The fourth-order valence-electron chi connectivity index (χ4n) is 3.43. The topological polar surface area (TPSA) is 79.4 Å². The Morgan fingerprint density at radius 2 is 1.86 bits per heavy atom. The maximum absolute atomic E-state index is 11.2. The van der Waals surface area contributed by atoms with E-state index < -0.39 is 0 Å². The van der Waals surface area contributed by atoms with E-state index in [2.05, 4.69) is 25.5 Å². The number of anilines is 2. The van der Waals surface area contributed by atoms with E-state index in [0.717, 1.165) is 36.0 Å². The second-order valence-electron chi connectivity index (χ2n) is 7.67. The minimum atomic E-state index is -0.0294. The van der Waals surface area contributed by atoms with E-state index >= 15 is 0 Å². The van der Waals surface area contributed by atoms with Crippen LogP contribution in [0.5, 0.6) is 5.75 Å². The van der Waals surface area contributed by atoms with Gasteiger partial charge in [-0.1, -0.05) is 12.1 Å². The molecule has 7 nitrogen and oxygen atoms in total. The van der Waals surface area contributed by atoms with Crippen molar-refractivity contribution in [1.29, 1.82) is 0 Å². The molecule has 148 valence electrons. The van der Waals surface area contributed by atoms with Gasteiger partial charge in [0.2, 0.25) is 11.9 Å². The summed E-state index contributed by atoms with van der Waals surface area (Å²) in [6.07, 6.45) is 7.63. The van der Waals surface area contributed by atoms with Crippen LogP contribution in [0.1, 0.15) is 44.7 Å². The van der Waals surface area contributed by atoms with Crippen LogP contribution in [-0.4, -0.2) is 41.1 Å². The van der Waals surface area contributed by atoms with Gasteiger partial charge in [0, 0.05) is 13.0 Å². The van der Waals surface area contributed by atoms with Crippen LogP contribution >= 0.6 is 0 Å². The highest BCUT2D eigenvalue weighted by Crippen LogP contribution is 2.26. The first-order valence-electron chi connectivity index (χ1n) is 9.94. The third kappa shape index (κ3) is 4.35. The van der Waals surface area contributed by atoms with Gasteiger partial charge in [-0.3, -0.25) is 4.79 Å². The summed E-state index contributed by atoms with van der Waals surface area (Å²) >= 11 is 0. The lowest BCUT2D eigenvalue weighted by Gasteiger charge is -2.40. The summed E-state index contributed by atoms with van der Waals surface area (Å²) in [4.78, 5) is 22.2. The van der Waals surface area contributed by atoms with E-state index in [1.165, 1.54) is 26.2 Å². The standard InChI is InChI=1S/C21H27N5O2/c1-14(24-15(2)27)16-6-8-19(9-7-16)28-20-12-26(13-20)18-10-22-21(23-11-18)25-17-4-3-5-17/h6-11,14,17,20H,3-5,12-13H2,1-2H3,(H,24,27)(H,22,23,25). The van der Waals surface area contributed by atoms with Crippen molar-refractivity contribution in [1.82, 2.24) is 15.3 Å². The lowest BCUT2D eigenvalue weighted by molar-refractivity contribution is -0.119. The lowest BCUT2D eigenvalue weighted by Crippen LogP contribution is -2.54. The van der Waals surface area contributed by atoms with Crippen LogP contribution in [0.2, 0.25) is 0 Å². The highest BCUT2D eigenvalue weighted by atomic mass is 16.5. The van der Waals surface area contributed by atoms with Crippen molar-refractivity contribution in [2.24, 2.45) is 0 Å². The van der Waals surface area contributed by atoms with Gasteiger partial charge in [-0.25, -0.2) is 9.97 Å². The average molecular weight is 381 g/mol. The summed E-state index contributed by atoms with van der Waals surface area (Å²) in [7, 11) is 0. The van der Waals surface area contributed by atoms with E-state index in [9.17, 15) is 4.79 Å². The molecule has 2 N–H and O–H groups in total. The number of benzene rings is 1.